The van der Waals surface area contributed by atoms with Crippen LogP contribution in [0.1, 0.15) is 22.2 Å². The van der Waals surface area contributed by atoms with Crippen molar-refractivity contribution in [3.05, 3.63) is 56.7 Å². The number of fused-ring (bicyclic) bond motifs is 1. The van der Waals surface area contributed by atoms with Crippen LogP contribution in [0.4, 0.5) is 4.39 Å². The Morgan fingerprint density at radius 1 is 1.30 bits per heavy atom. The van der Waals surface area contributed by atoms with Crippen LogP contribution in [0, 0.1) is 12.7 Å². The fourth-order valence-corrected chi connectivity index (χ4v) is 3.54. The molecule has 0 amide bonds. The summed E-state index contributed by atoms with van der Waals surface area (Å²) in [7, 11) is 1.87. The van der Waals surface area contributed by atoms with Crippen LogP contribution in [0.2, 0.25) is 4.34 Å². The molecule has 0 aliphatic heterocycles. The Morgan fingerprint density at radius 3 is 2.75 bits per heavy atom. The van der Waals surface area contributed by atoms with Gasteiger partial charge in [0, 0.05) is 15.8 Å². The van der Waals surface area contributed by atoms with E-state index in [1.807, 2.05) is 26.1 Å². The van der Waals surface area contributed by atoms with Gasteiger partial charge in [0.05, 0.1) is 4.34 Å². The molecule has 5 heteroatoms. The lowest BCUT2D eigenvalue weighted by molar-refractivity contribution is 0.491. The first-order valence-corrected chi connectivity index (χ1v) is 7.40. The third kappa shape index (κ3) is 2.24. The second kappa shape index (κ2) is 5.20. The van der Waals surface area contributed by atoms with E-state index in [1.165, 1.54) is 23.5 Å². The molecule has 1 unspecified atom stereocenters. The van der Waals surface area contributed by atoms with E-state index in [4.69, 9.17) is 16.0 Å². The highest BCUT2D eigenvalue weighted by molar-refractivity contribution is 7.16. The van der Waals surface area contributed by atoms with Crippen molar-refractivity contribution < 1.29 is 8.81 Å². The van der Waals surface area contributed by atoms with E-state index >= 15 is 0 Å². The molecule has 2 heterocycles. The molecule has 3 aromatic rings. The Hall–Kier alpha value is -1.36. The lowest BCUT2D eigenvalue weighted by Gasteiger charge is -2.12. The van der Waals surface area contributed by atoms with Crippen molar-refractivity contribution >= 4 is 33.9 Å². The van der Waals surface area contributed by atoms with E-state index in [0.717, 1.165) is 25.9 Å². The van der Waals surface area contributed by atoms with Gasteiger partial charge in [0.2, 0.25) is 0 Å². The molecule has 2 nitrogen and oxygen atoms in total. The molecule has 104 valence electrons. The zero-order valence-corrected chi connectivity index (χ0v) is 12.6. The van der Waals surface area contributed by atoms with Crippen molar-refractivity contribution in [3.63, 3.8) is 0 Å². The number of rotatable bonds is 3. The second-order valence-corrected chi connectivity index (χ2v) is 6.34. The van der Waals surface area contributed by atoms with E-state index in [-0.39, 0.29) is 11.9 Å². The summed E-state index contributed by atoms with van der Waals surface area (Å²) < 4.78 is 20.0. The predicted molar refractivity (Wildman–Crippen MR) is 81.1 cm³/mol. The van der Waals surface area contributed by atoms with Crippen molar-refractivity contribution in [2.45, 2.75) is 13.0 Å². The van der Waals surface area contributed by atoms with Gasteiger partial charge in [-0.1, -0.05) is 11.6 Å². The maximum absolute atomic E-state index is 13.4. The smallest absolute Gasteiger partial charge is 0.134 e. The number of furan rings is 1. The molecule has 0 saturated carbocycles. The number of aryl methyl sites for hydroxylation is 1. The molecular formula is C15H13ClFNOS. The molecule has 0 bridgehead atoms. The molecule has 0 radical (unpaired) electrons. The topological polar surface area (TPSA) is 25.2 Å². The summed E-state index contributed by atoms with van der Waals surface area (Å²) in [6.07, 6.45) is 0. The maximum atomic E-state index is 13.4. The van der Waals surface area contributed by atoms with Gasteiger partial charge >= 0.3 is 0 Å². The van der Waals surface area contributed by atoms with E-state index in [0.29, 0.717) is 5.58 Å². The van der Waals surface area contributed by atoms with Crippen LogP contribution in [0.25, 0.3) is 11.0 Å². The minimum absolute atomic E-state index is 0.0806. The molecule has 0 saturated heterocycles. The van der Waals surface area contributed by atoms with Gasteiger partial charge < -0.3 is 9.73 Å². The average molecular weight is 310 g/mol. The Labute approximate surface area is 125 Å². The molecule has 3 rings (SSSR count). The number of benzene rings is 1. The molecule has 1 N–H and O–H groups in total. The Morgan fingerprint density at radius 2 is 2.10 bits per heavy atom. The summed E-state index contributed by atoms with van der Waals surface area (Å²) in [4.78, 5) is 1.07. The molecule has 1 atom stereocenters. The van der Waals surface area contributed by atoms with Crippen LogP contribution in [0.5, 0.6) is 0 Å². The lowest BCUT2D eigenvalue weighted by Crippen LogP contribution is -2.16. The van der Waals surface area contributed by atoms with Gasteiger partial charge in [-0.25, -0.2) is 4.39 Å². The van der Waals surface area contributed by atoms with Gasteiger partial charge in [-0.3, -0.25) is 0 Å². The van der Waals surface area contributed by atoms with E-state index in [1.54, 1.807) is 6.07 Å². The third-order valence-corrected chi connectivity index (χ3v) is 4.66. The SMILES string of the molecule is CNC(c1ccc(Cl)s1)c1oc2ccc(F)cc2c1C. The first-order valence-electron chi connectivity index (χ1n) is 6.21. The van der Waals surface area contributed by atoms with Gasteiger partial charge in [0.1, 0.15) is 23.2 Å². The average Bonchev–Trinajstić information content (AvgIpc) is 2.97. The highest BCUT2D eigenvalue weighted by atomic mass is 35.5. The maximum Gasteiger partial charge on any atom is 0.134 e. The Bertz CT molecular complexity index is 764. The van der Waals surface area contributed by atoms with Crippen molar-refractivity contribution in [2.75, 3.05) is 7.05 Å². The third-order valence-electron chi connectivity index (χ3n) is 3.36. The monoisotopic (exact) mass is 309 g/mol. The van der Waals surface area contributed by atoms with Crippen LogP contribution in [-0.4, -0.2) is 7.05 Å². The van der Waals surface area contributed by atoms with Gasteiger partial charge in [0.15, 0.2) is 0 Å². The van der Waals surface area contributed by atoms with Crippen LogP contribution >= 0.6 is 22.9 Å². The molecule has 20 heavy (non-hydrogen) atoms. The van der Waals surface area contributed by atoms with Crippen molar-refractivity contribution in [2.24, 2.45) is 0 Å². The standard InChI is InChI=1S/C15H13ClFNOS/c1-8-10-7-9(17)3-4-11(10)19-15(8)14(18-2)12-5-6-13(16)20-12/h3-7,14,18H,1-2H3. The lowest BCUT2D eigenvalue weighted by atomic mass is 10.1. The quantitative estimate of drug-likeness (QED) is 0.744. The van der Waals surface area contributed by atoms with E-state index in [9.17, 15) is 4.39 Å². The largest absolute Gasteiger partial charge is 0.459 e. The first-order chi connectivity index (χ1) is 9.60. The molecule has 0 fully saturated rings. The van der Waals surface area contributed by atoms with Crippen molar-refractivity contribution in [1.29, 1.82) is 0 Å². The number of hydrogen-bond donors (Lipinski definition) is 1. The summed E-state index contributed by atoms with van der Waals surface area (Å²) in [5.41, 5.74) is 1.64. The predicted octanol–water partition coefficient (Wildman–Crippen LogP) is 4.90. The Kier molecular flexibility index (Phi) is 3.54. The number of hydrogen-bond acceptors (Lipinski definition) is 3. The van der Waals surface area contributed by atoms with Crippen LogP contribution in [-0.2, 0) is 0 Å². The van der Waals surface area contributed by atoms with Crippen LogP contribution < -0.4 is 5.32 Å². The second-order valence-electron chi connectivity index (χ2n) is 4.60. The highest BCUT2D eigenvalue weighted by Crippen LogP contribution is 2.36. The van der Waals surface area contributed by atoms with Crippen molar-refractivity contribution in [3.8, 4) is 0 Å². The molecule has 0 spiro atoms. The van der Waals surface area contributed by atoms with E-state index in [2.05, 4.69) is 5.32 Å². The van der Waals surface area contributed by atoms with Gasteiger partial charge in [-0.05, 0) is 44.3 Å². The van der Waals surface area contributed by atoms with Crippen LogP contribution in [0.15, 0.2) is 34.7 Å². The molecular weight excluding hydrogens is 297 g/mol. The molecule has 0 aliphatic rings. The fourth-order valence-electron chi connectivity index (χ4n) is 2.37. The number of nitrogens with one attached hydrogen (secondary N) is 1. The Balaban J connectivity index is 2.14. The van der Waals surface area contributed by atoms with Crippen molar-refractivity contribution in [1.82, 2.24) is 5.32 Å². The fraction of sp³-hybridized carbons (Fsp3) is 0.200. The number of thiophene rings is 1. The zero-order valence-electron chi connectivity index (χ0n) is 11.0. The normalized spacial score (nSPS) is 13.0. The molecule has 1 aromatic carbocycles. The van der Waals surface area contributed by atoms with E-state index < -0.39 is 0 Å². The summed E-state index contributed by atoms with van der Waals surface area (Å²) in [6.45, 7) is 1.94. The minimum Gasteiger partial charge on any atom is -0.459 e. The van der Waals surface area contributed by atoms with Gasteiger partial charge in [0.25, 0.3) is 0 Å². The minimum atomic E-state index is -0.256. The summed E-state index contributed by atoms with van der Waals surface area (Å²) in [5.74, 6) is 0.541. The highest BCUT2D eigenvalue weighted by Gasteiger charge is 2.22. The summed E-state index contributed by atoms with van der Waals surface area (Å²) >= 11 is 7.50. The summed E-state index contributed by atoms with van der Waals surface area (Å²) in [5, 5.41) is 4.04. The van der Waals surface area contributed by atoms with Gasteiger partial charge in [-0.15, -0.1) is 11.3 Å². The molecule has 0 aliphatic carbocycles. The number of halogens is 2. The zero-order chi connectivity index (χ0) is 14.3. The molecule has 2 aromatic heterocycles. The first kappa shape index (κ1) is 13.6. The summed E-state index contributed by atoms with van der Waals surface area (Å²) in [6, 6.07) is 8.33. The van der Waals surface area contributed by atoms with Gasteiger partial charge in [-0.2, -0.15) is 0 Å². The van der Waals surface area contributed by atoms with Crippen LogP contribution in [0.3, 0.4) is 0 Å².